The molecular weight excluding hydrogens is 291 g/mol. The normalized spacial score (nSPS) is 15.0. The lowest BCUT2D eigenvalue weighted by atomic mass is 10.0. The molecule has 0 bridgehead atoms. The van der Waals surface area contributed by atoms with Gasteiger partial charge in [0.15, 0.2) is 0 Å². The van der Waals surface area contributed by atoms with Gasteiger partial charge in [-0.05, 0) is 63.8 Å². The number of carbonyl (C=O) groups excluding carboxylic acids is 1. The zero-order valence-corrected chi connectivity index (χ0v) is 14.8. The van der Waals surface area contributed by atoms with Crippen LogP contribution in [0.1, 0.15) is 46.1 Å². The van der Waals surface area contributed by atoms with E-state index in [0.717, 1.165) is 24.6 Å². The number of likely N-dealkylation sites (N-methyl/N-ethyl adjacent to an activating group) is 1. The maximum Gasteiger partial charge on any atom is 0.237 e. The van der Waals surface area contributed by atoms with Gasteiger partial charge in [0.1, 0.15) is 5.82 Å². The third kappa shape index (κ3) is 5.61. The second kappa shape index (κ2) is 7.43. The Morgan fingerprint density at radius 3 is 2.52 bits per heavy atom. The van der Waals surface area contributed by atoms with Crippen LogP contribution in [0.2, 0.25) is 0 Å². The van der Waals surface area contributed by atoms with E-state index in [2.05, 4.69) is 11.8 Å². The number of amides is 1. The van der Waals surface area contributed by atoms with Crippen LogP contribution < -0.4 is 0 Å². The van der Waals surface area contributed by atoms with Gasteiger partial charge in [0.2, 0.25) is 5.91 Å². The van der Waals surface area contributed by atoms with Gasteiger partial charge in [-0.1, -0.05) is 19.1 Å². The van der Waals surface area contributed by atoms with Crippen molar-refractivity contribution < 1.29 is 9.18 Å². The molecule has 3 nitrogen and oxygen atoms in total. The van der Waals surface area contributed by atoms with Gasteiger partial charge in [-0.2, -0.15) is 0 Å². The van der Waals surface area contributed by atoms with Crippen LogP contribution in [-0.2, 0) is 11.3 Å². The van der Waals surface area contributed by atoms with Gasteiger partial charge in [-0.25, -0.2) is 4.39 Å². The fourth-order valence-corrected chi connectivity index (χ4v) is 2.77. The van der Waals surface area contributed by atoms with E-state index in [0.29, 0.717) is 13.1 Å². The van der Waals surface area contributed by atoms with E-state index >= 15 is 0 Å². The Labute approximate surface area is 139 Å². The van der Waals surface area contributed by atoms with Crippen LogP contribution in [0.3, 0.4) is 0 Å². The molecule has 1 fully saturated rings. The van der Waals surface area contributed by atoms with Crippen molar-refractivity contribution in [1.29, 1.82) is 0 Å². The highest BCUT2D eigenvalue weighted by atomic mass is 19.1. The lowest BCUT2D eigenvalue weighted by molar-refractivity contribution is -0.138. The molecule has 128 valence electrons. The second-order valence-corrected chi connectivity index (χ2v) is 7.55. The average molecular weight is 320 g/mol. The molecule has 1 aromatic rings. The minimum Gasteiger partial charge on any atom is -0.332 e. The summed E-state index contributed by atoms with van der Waals surface area (Å²) in [4.78, 5) is 16.9. The van der Waals surface area contributed by atoms with E-state index in [-0.39, 0.29) is 17.3 Å². The van der Waals surface area contributed by atoms with E-state index in [4.69, 9.17) is 0 Å². The van der Waals surface area contributed by atoms with Crippen LogP contribution in [0.15, 0.2) is 24.3 Å². The molecule has 0 radical (unpaired) electrons. The quantitative estimate of drug-likeness (QED) is 0.765. The van der Waals surface area contributed by atoms with Crippen molar-refractivity contribution >= 4 is 5.91 Å². The SMILES string of the molecule is CCN(CC(=O)N(Cc1cccc(F)c1)C(C)(C)C)CC1CC1. The van der Waals surface area contributed by atoms with Crippen molar-refractivity contribution in [2.75, 3.05) is 19.6 Å². The Bertz CT molecular complexity index is 534. The lowest BCUT2D eigenvalue weighted by Gasteiger charge is -2.37. The van der Waals surface area contributed by atoms with Gasteiger partial charge in [-0.15, -0.1) is 0 Å². The maximum absolute atomic E-state index is 13.4. The number of nitrogens with zero attached hydrogens (tertiary/aromatic N) is 2. The maximum atomic E-state index is 13.4. The number of hydrogen-bond acceptors (Lipinski definition) is 2. The molecule has 1 saturated carbocycles. The number of halogens is 1. The van der Waals surface area contributed by atoms with Gasteiger partial charge in [-0.3, -0.25) is 9.69 Å². The predicted molar refractivity (Wildman–Crippen MR) is 91.5 cm³/mol. The summed E-state index contributed by atoms with van der Waals surface area (Å²) in [5.74, 6) is 0.631. The summed E-state index contributed by atoms with van der Waals surface area (Å²) < 4.78 is 13.4. The molecule has 2 rings (SSSR count). The van der Waals surface area contributed by atoms with E-state index in [1.54, 1.807) is 6.07 Å². The van der Waals surface area contributed by atoms with Gasteiger partial charge in [0.05, 0.1) is 6.54 Å². The Balaban J connectivity index is 2.05. The molecule has 4 heteroatoms. The minimum atomic E-state index is -0.289. The number of rotatable bonds is 7. The van der Waals surface area contributed by atoms with Gasteiger partial charge in [0.25, 0.3) is 0 Å². The number of benzene rings is 1. The third-order valence-electron chi connectivity index (χ3n) is 4.36. The molecule has 0 aliphatic heterocycles. The highest BCUT2D eigenvalue weighted by Gasteiger charge is 2.29. The molecule has 0 unspecified atom stereocenters. The second-order valence-electron chi connectivity index (χ2n) is 7.55. The summed E-state index contributed by atoms with van der Waals surface area (Å²) in [7, 11) is 0. The standard InChI is InChI=1S/C19H29FN2O/c1-5-21(12-15-9-10-15)14-18(23)22(19(2,3)4)13-16-7-6-8-17(20)11-16/h6-8,11,15H,5,9-10,12-14H2,1-4H3. The van der Waals surface area contributed by atoms with Crippen molar-refractivity contribution in [2.24, 2.45) is 5.92 Å². The zero-order chi connectivity index (χ0) is 17.0. The van der Waals surface area contributed by atoms with Crippen LogP contribution in [-0.4, -0.2) is 40.9 Å². The van der Waals surface area contributed by atoms with Crippen LogP contribution in [0.25, 0.3) is 0 Å². The summed E-state index contributed by atoms with van der Waals surface area (Å²) >= 11 is 0. The molecule has 1 aliphatic rings. The van der Waals surface area contributed by atoms with E-state index < -0.39 is 0 Å². The van der Waals surface area contributed by atoms with Crippen molar-refractivity contribution in [1.82, 2.24) is 9.80 Å². The molecule has 0 saturated heterocycles. The molecule has 1 aromatic carbocycles. The first-order valence-electron chi connectivity index (χ1n) is 8.57. The van der Waals surface area contributed by atoms with Gasteiger partial charge >= 0.3 is 0 Å². The third-order valence-corrected chi connectivity index (χ3v) is 4.36. The molecule has 23 heavy (non-hydrogen) atoms. The number of carbonyl (C=O) groups is 1. The summed E-state index contributed by atoms with van der Waals surface area (Å²) in [5.41, 5.74) is 0.543. The largest absolute Gasteiger partial charge is 0.332 e. The molecule has 1 amide bonds. The van der Waals surface area contributed by atoms with Crippen molar-refractivity contribution in [3.63, 3.8) is 0 Å². The lowest BCUT2D eigenvalue weighted by Crippen LogP contribution is -2.49. The van der Waals surface area contributed by atoms with Crippen LogP contribution in [0, 0.1) is 11.7 Å². The van der Waals surface area contributed by atoms with Crippen LogP contribution in [0.5, 0.6) is 0 Å². The van der Waals surface area contributed by atoms with Crippen molar-refractivity contribution in [3.8, 4) is 0 Å². The Morgan fingerprint density at radius 2 is 2.00 bits per heavy atom. The Hall–Kier alpha value is -1.42. The van der Waals surface area contributed by atoms with Crippen molar-refractivity contribution in [2.45, 2.75) is 52.6 Å². The fraction of sp³-hybridized carbons (Fsp3) is 0.632. The first-order valence-corrected chi connectivity index (χ1v) is 8.57. The van der Waals surface area contributed by atoms with Gasteiger partial charge in [0, 0.05) is 18.6 Å². The Kier molecular flexibility index (Phi) is 5.79. The minimum absolute atomic E-state index is 0.115. The molecule has 0 atom stereocenters. The molecule has 0 heterocycles. The monoisotopic (exact) mass is 320 g/mol. The van der Waals surface area contributed by atoms with Crippen LogP contribution >= 0.6 is 0 Å². The van der Waals surface area contributed by atoms with E-state index in [1.165, 1.54) is 25.0 Å². The van der Waals surface area contributed by atoms with E-state index in [1.807, 2.05) is 31.7 Å². The topological polar surface area (TPSA) is 23.6 Å². The highest BCUT2D eigenvalue weighted by molar-refractivity contribution is 5.79. The molecule has 0 N–H and O–H groups in total. The fourth-order valence-electron chi connectivity index (χ4n) is 2.77. The summed E-state index contributed by atoms with van der Waals surface area (Å²) in [6, 6.07) is 6.51. The number of hydrogen-bond donors (Lipinski definition) is 0. The summed E-state index contributed by atoms with van der Waals surface area (Å²) in [5, 5.41) is 0. The Morgan fingerprint density at radius 1 is 1.30 bits per heavy atom. The van der Waals surface area contributed by atoms with Crippen LogP contribution in [0.4, 0.5) is 4.39 Å². The average Bonchev–Trinajstić information content (AvgIpc) is 3.26. The predicted octanol–water partition coefficient (Wildman–Crippen LogP) is 3.68. The van der Waals surface area contributed by atoms with Crippen molar-refractivity contribution in [3.05, 3.63) is 35.6 Å². The first-order chi connectivity index (χ1) is 10.8. The summed E-state index contributed by atoms with van der Waals surface area (Å²) in [6.07, 6.45) is 2.58. The molecule has 0 spiro atoms. The smallest absolute Gasteiger partial charge is 0.237 e. The first kappa shape index (κ1) is 17.9. The molecule has 0 aromatic heterocycles. The van der Waals surface area contributed by atoms with E-state index in [9.17, 15) is 9.18 Å². The molecular formula is C19H29FN2O. The molecule has 1 aliphatic carbocycles. The summed E-state index contributed by atoms with van der Waals surface area (Å²) in [6.45, 7) is 11.0. The highest BCUT2D eigenvalue weighted by Crippen LogP contribution is 2.29. The zero-order valence-electron chi connectivity index (χ0n) is 14.8. The van der Waals surface area contributed by atoms with Gasteiger partial charge < -0.3 is 4.90 Å².